The molecule has 2 aliphatic heterocycles. The van der Waals surface area contributed by atoms with E-state index >= 15 is 0 Å². The lowest BCUT2D eigenvalue weighted by molar-refractivity contribution is -0.137. The third-order valence-electron chi connectivity index (χ3n) is 5.28. The number of hydrogen-bond acceptors (Lipinski definition) is 5. The first-order valence-electron chi connectivity index (χ1n) is 10.2. The molecule has 2 aliphatic rings. The zero-order valence-electron chi connectivity index (χ0n) is 16.9. The standard InChI is InChI=1S/C23H26N2O5/c26-22(17-29-16-18-4-2-1-3-5-18)25-10-13-30-21-7-6-19(14-20(21)15-25)23(27)24-8-11-28-12-9-24/h1-7,14H,8-13,15-17H2. The smallest absolute Gasteiger partial charge is 0.254 e. The van der Waals surface area contributed by atoms with Gasteiger partial charge in [0.15, 0.2) is 0 Å². The molecule has 0 spiro atoms. The molecular formula is C23H26N2O5. The van der Waals surface area contributed by atoms with E-state index in [4.69, 9.17) is 14.2 Å². The fraction of sp³-hybridized carbons (Fsp3) is 0.391. The number of ether oxygens (including phenoxy) is 3. The number of amides is 2. The maximum absolute atomic E-state index is 12.8. The van der Waals surface area contributed by atoms with E-state index in [2.05, 4.69) is 0 Å². The Kier molecular flexibility index (Phi) is 6.61. The van der Waals surface area contributed by atoms with E-state index in [1.165, 1.54) is 0 Å². The van der Waals surface area contributed by atoms with Gasteiger partial charge in [-0.15, -0.1) is 0 Å². The normalized spacial score (nSPS) is 16.4. The topological polar surface area (TPSA) is 68.3 Å². The number of hydrogen-bond donors (Lipinski definition) is 0. The average Bonchev–Trinajstić information content (AvgIpc) is 3.02. The van der Waals surface area contributed by atoms with Gasteiger partial charge in [0.25, 0.3) is 5.91 Å². The van der Waals surface area contributed by atoms with Crippen LogP contribution in [0.3, 0.4) is 0 Å². The van der Waals surface area contributed by atoms with E-state index in [1.54, 1.807) is 15.9 Å². The summed E-state index contributed by atoms with van der Waals surface area (Å²) in [6.45, 7) is 4.00. The molecule has 0 bridgehead atoms. The SMILES string of the molecule is O=C(COCc1ccccc1)N1CCOc2ccc(C(=O)N3CCOCC3)cc2C1. The van der Waals surface area contributed by atoms with Crippen molar-refractivity contribution in [2.45, 2.75) is 13.2 Å². The largest absolute Gasteiger partial charge is 0.491 e. The minimum Gasteiger partial charge on any atom is -0.491 e. The maximum Gasteiger partial charge on any atom is 0.254 e. The molecule has 2 aromatic carbocycles. The van der Waals surface area contributed by atoms with Gasteiger partial charge in [0, 0.05) is 30.8 Å². The van der Waals surface area contributed by atoms with E-state index in [1.807, 2.05) is 42.5 Å². The summed E-state index contributed by atoms with van der Waals surface area (Å²) >= 11 is 0. The molecule has 30 heavy (non-hydrogen) atoms. The van der Waals surface area contributed by atoms with Crippen molar-refractivity contribution in [2.24, 2.45) is 0 Å². The number of nitrogens with zero attached hydrogens (tertiary/aromatic N) is 2. The molecule has 2 amide bonds. The summed E-state index contributed by atoms with van der Waals surface area (Å²) in [5.41, 5.74) is 2.47. The summed E-state index contributed by atoms with van der Waals surface area (Å²) in [7, 11) is 0. The molecule has 158 valence electrons. The Morgan fingerprint density at radius 1 is 0.933 bits per heavy atom. The van der Waals surface area contributed by atoms with Crippen molar-refractivity contribution < 1.29 is 23.8 Å². The number of morpholine rings is 1. The second-order valence-electron chi connectivity index (χ2n) is 7.37. The summed E-state index contributed by atoms with van der Waals surface area (Å²) < 4.78 is 16.7. The van der Waals surface area contributed by atoms with E-state index in [-0.39, 0.29) is 18.4 Å². The molecule has 0 unspecified atom stereocenters. The predicted molar refractivity (Wildman–Crippen MR) is 110 cm³/mol. The Morgan fingerprint density at radius 2 is 1.70 bits per heavy atom. The Labute approximate surface area is 176 Å². The molecule has 0 radical (unpaired) electrons. The quantitative estimate of drug-likeness (QED) is 0.755. The van der Waals surface area contributed by atoms with Gasteiger partial charge >= 0.3 is 0 Å². The van der Waals surface area contributed by atoms with Crippen molar-refractivity contribution in [3.8, 4) is 5.75 Å². The number of carbonyl (C=O) groups excluding carboxylic acids is 2. The Balaban J connectivity index is 1.39. The molecule has 0 N–H and O–H groups in total. The van der Waals surface area contributed by atoms with E-state index < -0.39 is 0 Å². The first-order chi connectivity index (χ1) is 14.7. The van der Waals surface area contributed by atoms with Gasteiger partial charge in [-0.25, -0.2) is 0 Å². The van der Waals surface area contributed by atoms with Gasteiger partial charge in [0.2, 0.25) is 5.91 Å². The minimum absolute atomic E-state index is 0.0105. The summed E-state index contributed by atoms with van der Waals surface area (Å²) in [5, 5.41) is 0. The van der Waals surface area contributed by atoms with Gasteiger partial charge in [-0.2, -0.15) is 0 Å². The van der Waals surface area contributed by atoms with Crippen LogP contribution in [0, 0.1) is 0 Å². The molecule has 0 saturated carbocycles. The van der Waals surface area contributed by atoms with E-state index in [0.717, 1.165) is 11.1 Å². The lowest BCUT2D eigenvalue weighted by Crippen LogP contribution is -2.40. The third kappa shape index (κ3) is 4.98. The summed E-state index contributed by atoms with van der Waals surface area (Å²) in [5.74, 6) is 0.607. The second kappa shape index (κ2) is 9.73. The summed E-state index contributed by atoms with van der Waals surface area (Å²) in [6.07, 6.45) is 0. The van der Waals surface area contributed by atoms with Crippen LogP contribution in [0.2, 0.25) is 0 Å². The molecule has 1 saturated heterocycles. The van der Waals surface area contributed by atoms with Gasteiger partial charge in [0.05, 0.1) is 26.4 Å². The highest BCUT2D eigenvalue weighted by Crippen LogP contribution is 2.25. The summed E-state index contributed by atoms with van der Waals surface area (Å²) in [4.78, 5) is 29.0. The van der Waals surface area contributed by atoms with Crippen LogP contribution in [0.15, 0.2) is 48.5 Å². The zero-order chi connectivity index (χ0) is 20.8. The number of carbonyl (C=O) groups is 2. The molecule has 2 aromatic rings. The van der Waals surface area contributed by atoms with Crippen LogP contribution >= 0.6 is 0 Å². The number of benzene rings is 2. The van der Waals surface area contributed by atoms with Crippen molar-refractivity contribution in [1.82, 2.24) is 9.80 Å². The van der Waals surface area contributed by atoms with Crippen LogP contribution in [0.25, 0.3) is 0 Å². The highest BCUT2D eigenvalue weighted by molar-refractivity contribution is 5.94. The molecule has 1 fully saturated rings. The van der Waals surface area contributed by atoms with Gasteiger partial charge in [-0.3, -0.25) is 9.59 Å². The first kappa shape index (κ1) is 20.4. The van der Waals surface area contributed by atoms with Gasteiger partial charge in [-0.05, 0) is 23.8 Å². The Morgan fingerprint density at radius 3 is 2.50 bits per heavy atom. The van der Waals surface area contributed by atoms with Crippen LogP contribution in [-0.2, 0) is 27.4 Å². The molecule has 2 heterocycles. The van der Waals surface area contributed by atoms with Crippen molar-refractivity contribution in [3.63, 3.8) is 0 Å². The van der Waals surface area contributed by atoms with Crippen LogP contribution in [0.4, 0.5) is 0 Å². The van der Waals surface area contributed by atoms with Crippen molar-refractivity contribution >= 4 is 11.8 Å². The Hall–Kier alpha value is -2.90. The van der Waals surface area contributed by atoms with Crippen molar-refractivity contribution in [3.05, 3.63) is 65.2 Å². The minimum atomic E-state index is -0.0905. The number of fused-ring (bicyclic) bond motifs is 1. The highest BCUT2D eigenvalue weighted by atomic mass is 16.5. The molecule has 0 aromatic heterocycles. The van der Waals surface area contributed by atoms with E-state index in [0.29, 0.717) is 63.9 Å². The number of rotatable bonds is 5. The maximum atomic E-state index is 12.8. The lowest BCUT2D eigenvalue weighted by Gasteiger charge is -2.27. The van der Waals surface area contributed by atoms with E-state index in [9.17, 15) is 9.59 Å². The molecule has 0 atom stereocenters. The van der Waals surface area contributed by atoms with Gasteiger partial charge < -0.3 is 24.0 Å². The Bertz CT molecular complexity index is 880. The molecular weight excluding hydrogens is 384 g/mol. The van der Waals surface area contributed by atoms with Crippen LogP contribution in [0.5, 0.6) is 5.75 Å². The average molecular weight is 410 g/mol. The third-order valence-corrected chi connectivity index (χ3v) is 5.28. The molecule has 7 nitrogen and oxygen atoms in total. The van der Waals surface area contributed by atoms with Gasteiger partial charge in [0.1, 0.15) is 19.0 Å². The van der Waals surface area contributed by atoms with Crippen molar-refractivity contribution in [1.29, 1.82) is 0 Å². The molecule has 0 aliphatic carbocycles. The van der Waals surface area contributed by atoms with Crippen LogP contribution < -0.4 is 4.74 Å². The van der Waals surface area contributed by atoms with Crippen molar-refractivity contribution in [2.75, 3.05) is 46.1 Å². The van der Waals surface area contributed by atoms with Crippen LogP contribution in [0.1, 0.15) is 21.5 Å². The second-order valence-corrected chi connectivity index (χ2v) is 7.37. The zero-order valence-corrected chi connectivity index (χ0v) is 16.9. The molecule has 4 rings (SSSR count). The van der Waals surface area contributed by atoms with Gasteiger partial charge in [-0.1, -0.05) is 30.3 Å². The fourth-order valence-electron chi connectivity index (χ4n) is 3.61. The predicted octanol–water partition coefficient (Wildman–Crippen LogP) is 2.10. The first-order valence-corrected chi connectivity index (χ1v) is 10.2. The summed E-state index contributed by atoms with van der Waals surface area (Å²) in [6, 6.07) is 15.2. The monoisotopic (exact) mass is 410 g/mol. The van der Waals surface area contributed by atoms with Crippen LogP contribution in [-0.4, -0.2) is 67.7 Å². The lowest BCUT2D eigenvalue weighted by atomic mass is 10.1. The molecule has 7 heteroatoms. The highest BCUT2D eigenvalue weighted by Gasteiger charge is 2.23. The fourth-order valence-corrected chi connectivity index (χ4v) is 3.61.